The van der Waals surface area contributed by atoms with Gasteiger partial charge in [0.05, 0.1) is 91.5 Å². The minimum Gasteiger partial charge on any atom is -0.447 e. The first-order valence-electron chi connectivity index (χ1n) is 39.9. The third-order valence-corrected chi connectivity index (χ3v) is 38.6. The topological polar surface area (TPSA) is 501 Å². The molecule has 0 radical (unpaired) electrons. The van der Waals surface area contributed by atoms with E-state index in [0.717, 1.165) is 11.5 Å². The largest absolute Gasteiger partial charge is 0.447 e. The first kappa shape index (κ1) is 102. The van der Waals surface area contributed by atoms with E-state index in [1.807, 2.05) is 60.9 Å². The number of ether oxygens (including phenoxy) is 1. The molecule has 0 saturated carbocycles. The molecule has 36 nitrogen and oxygen atoms in total. The molecule has 0 aliphatic carbocycles. The molecule has 0 aromatic carbocycles. The number of anilines is 8. The van der Waals surface area contributed by atoms with Crippen LogP contribution < -0.4 is 40.8 Å². The van der Waals surface area contributed by atoms with Gasteiger partial charge in [-0.2, -0.15) is 48.7 Å². The molecule has 674 valence electrons. The van der Waals surface area contributed by atoms with E-state index in [0.29, 0.717) is 139 Å². The van der Waals surface area contributed by atoms with Gasteiger partial charge < -0.3 is 59.9 Å². The zero-order valence-corrected chi connectivity index (χ0v) is 79.4. The molecule has 11 rings (SSSR count). The normalized spacial score (nSPS) is 14.4. The summed E-state index contributed by atoms with van der Waals surface area (Å²) in [6.45, 7) is 42.3. The highest BCUT2D eigenvalue weighted by Gasteiger charge is 2.40. The second kappa shape index (κ2) is 45.0. The molecule has 8 aromatic heterocycles. The first-order valence-corrected chi connectivity index (χ1v) is 53.0. The van der Waals surface area contributed by atoms with Gasteiger partial charge in [-0.1, -0.05) is 119 Å². The minimum absolute atomic E-state index is 0.0116. The Bertz CT molecular complexity index is 5250. The van der Waals surface area contributed by atoms with E-state index in [2.05, 4.69) is 166 Å². The van der Waals surface area contributed by atoms with E-state index < -0.39 is 67.1 Å². The third kappa shape index (κ3) is 32.4. The van der Waals surface area contributed by atoms with E-state index in [4.69, 9.17) is 50.6 Å². The molecular weight excluding hydrogens is 1700 g/mol. The summed E-state index contributed by atoms with van der Waals surface area (Å²) in [6.07, 6.45) is 2.14. The van der Waals surface area contributed by atoms with Crippen LogP contribution in [-0.4, -0.2) is 196 Å². The summed E-state index contributed by atoms with van der Waals surface area (Å²) < 4.78 is 109. The van der Waals surface area contributed by atoms with Crippen molar-refractivity contribution < 1.29 is 68.2 Å². The molecule has 3 aliphatic rings. The van der Waals surface area contributed by atoms with Crippen LogP contribution in [0.5, 0.6) is 0 Å². The number of nitrogens with zero attached hydrogens (tertiary/aromatic N) is 15. The maximum absolute atomic E-state index is 12.9. The molecule has 2 amide bonds. The van der Waals surface area contributed by atoms with Gasteiger partial charge in [0.25, 0.3) is 0 Å². The molecule has 124 heavy (non-hydrogen) atoms. The van der Waals surface area contributed by atoms with Crippen LogP contribution in [0.3, 0.4) is 0 Å². The van der Waals surface area contributed by atoms with E-state index in [1.54, 1.807) is 103 Å². The number of piperazine rings is 2. The first-order chi connectivity index (χ1) is 57.8. The highest BCUT2D eigenvalue weighted by molar-refractivity contribution is 7.91. The number of aromatic nitrogens is 8. The lowest BCUT2D eigenvalue weighted by Crippen LogP contribution is -2.50. The van der Waals surface area contributed by atoms with Crippen molar-refractivity contribution in [2.75, 3.05) is 106 Å². The van der Waals surface area contributed by atoms with Gasteiger partial charge in [-0.15, -0.1) is 0 Å². The number of nitrogens with two attached hydrogens (primary N) is 2. The monoisotopic (exact) mass is 1820 g/mol. The van der Waals surface area contributed by atoms with Crippen LogP contribution in [0.15, 0.2) is 146 Å². The standard InChI is InChI=1S/C22H32N6O3SSi.C16H18N6O3S.C15H25N3O5SSi.C12H22N2OSi.C11H16N2O2.C6H8N2O/c1-22(2,3)33(4,5)31-17-19-7-6-8-20(25-19)26-32(29,30)28-13-11-27(12-14-28)21-10-9-18(15-23)16-24-21;17-10-13-4-5-16(18-11-13)21-6-8-22(9-7-21)26(24,25)20-15-3-1-2-14(12-23)19-15;1-15(2,3)25(4,5)23-11-12-7-6-8-13(16-12)17-24(20,21)18-9-10-22-14(18)19;1-12(2,3)16(4,5)15-9-10-7-6-8-11(13)14-10;1-11(2,3)10(15)13-9-6-4-5-8(7-14)12-9;7-6-3-1-2-5(4-9)8-6/h6-10,16H,11-14,17H2,1-5H3,(H,25,26);1-5,11,23H,6-9,12H2,(H,19,20);6-8H,9-11H2,1-5H3,(H,16,17);6-8H,9H2,1-5H3,(H2,13,14);4-6,14H,7H2,1-3H3,(H,12,13,15);1-3,9H,4H2,(H2,7,8). The summed E-state index contributed by atoms with van der Waals surface area (Å²) in [4.78, 5) is 60.4. The Morgan fingerprint density at radius 1 is 0.444 bits per heavy atom. The molecule has 0 spiro atoms. The van der Waals surface area contributed by atoms with Crippen LogP contribution >= 0.6 is 0 Å². The van der Waals surface area contributed by atoms with Crippen molar-refractivity contribution in [3.8, 4) is 12.1 Å². The quantitative estimate of drug-likeness (QED) is 0.0254. The molecule has 11 N–H and O–H groups in total. The lowest BCUT2D eigenvalue weighted by molar-refractivity contribution is -0.123. The zero-order chi connectivity index (χ0) is 92.3. The molecule has 42 heteroatoms. The summed E-state index contributed by atoms with van der Waals surface area (Å²) in [5.74, 6) is 3.41. The fourth-order valence-corrected chi connectivity index (χ4v) is 16.3. The van der Waals surface area contributed by atoms with E-state index in [9.17, 15) is 34.8 Å². The average Bonchev–Trinajstić information content (AvgIpc) is 1.08. The SMILES string of the molecule is CC(C)(C)C(=O)Nc1cccc(CO)n1.CC(C)(C)[Si](C)(C)OCc1cccc(N)n1.CC(C)(C)[Si](C)(C)OCc1cccc(NS(=O)(=O)N2CCN(c3ccc(C#N)cn3)CC2)n1.CC(C)(C)[Si](C)(C)OCc1cccc(NS(=O)(=O)N2CCOC2=O)n1.N#Cc1ccc(N2CCN(S(=O)(=O)Nc3cccc(CO)n3)CC2)nc1.Nc1cccc(CO)n1. The average molecular weight is 1820 g/mol. The Morgan fingerprint density at radius 3 is 1.05 bits per heavy atom. The lowest BCUT2D eigenvalue weighted by atomic mass is 9.96. The number of nitrogen functional groups attached to an aromatic ring is 2. The fourth-order valence-electron chi connectivity index (χ4n) is 10.1. The fraction of sp³-hybridized carbons (Fsp3) is 0.463. The number of nitriles is 2. The van der Waals surface area contributed by atoms with Crippen LogP contribution in [0.25, 0.3) is 0 Å². The van der Waals surface area contributed by atoms with Crippen molar-refractivity contribution in [1.82, 2.24) is 52.8 Å². The minimum atomic E-state index is -4.03. The van der Waals surface area contributed by atoms with Gasteiger partial charge in [0, 0.05) is 70.2 Å². The number of pyridine rings is 8. The molecule has 3 saturated heterocycles. The molecule has 0 atom stereocenters. The highest BCUT2D eigenvalue weighted by Crippen LogP contribution is 2.39. The highest BCUT2D eigenvalue weighted by atomic mass is 32.2. The molecule has 11 heterocycles. The predicted octanol–water partition coefficient (Wildman–Crippen LogP) is 11.3. The second-order valence-corrected chi connectivity index (χ2v) is 53.7. The van der Waals surface area contributed by atoms with Crippen LogP contribution in [0, 0.1) is 28.1 Å². The van der Waals surface area contributed by atoms with Gasteiger partial charge >= 0.3 is 36.7 Å². The van der Waals surface area contributed by atoms with Gasteiger partial charge in [0.2, 0.25) is 5.91 Å². The smallest absolute Gasteiger partial charge is 0.425 e. The maximum atomic E-state index is 12.9. The van der Waals surface area contributed by atoms with Crippen molar-refractivity contribution in [3.05, 3.63) is 191 Å². The number of amides is 2. The molecule has 3 fully saturated rings. The van der Waals surface area contributed by atoms with Gasteiger partial charge in [-0.25, -0.2) is 49.4 Å². The Hall–Kier alpha value is -10.3. The maximum Gasteiger partial charge on any atom is 0.425 e. The number of carbonyl (C=O) groups is 2. The summed E-state index contributed by atoms with van der Waals surface area (Å²) in [5, 5.41) is 47.3. The molecule has 0 unspecified atom stereocenters. The number of carbonyl (C=O) groups excluding carboxylic acids is 2. The number of aliphatic hydroxyl groups excluding tert-OH is 3. The van der Waals surface area contributed by atoms with E-state index in [1.165, 1.54) is 33.1 Å². The van der Waals surface area contributed by atoms with Gasteiger partial charge in [0.15, 0.2) is 25.0 Å². The molecule has 3 aliphatic heterocycles. The Labute approximate surface area is 733 Å². The van der Waals surface area contributed by atoms with Crippen LogP contribution in [0.2, 0.25) is 54.4 Å². The Balaban J connectivity index is 0.000000239. The zero-order valence-electron chi connectivity index (χ0n) is 74.0. The Morgan fingerprint density at radius 2 is 0.750 bits per heavy atom. The van der Waals surface area contributed by atoms with Crippen molar-refractivity contribution >= 4 is 114 Å². The van der Waals surface area contributed by atoms with Crippen molar-refractivity contribution in [3.63, 3.8) is 0 Å². The molecular formula is C82H121N21O15S3Si3. The van der Waals surface area contributed by atoms with E-state index >= 15 is 0 Å². The number of hydrogen-bond donors (Lipinski definition) is 9. The second-order valence-electron chi connectivity index (χ2n) is 34.3. The van der Waals surface area contributed by atoms with Crippen molar-refractivity contribution in [2.45, 2.75) is 177 Å². The summed E-state index contributed by atoms with van der Waals surface area (Å²) in [5.41, 5.74) is 15.2. The van der Waals surface area contributed by atoms with Crippen molar-refractivity contribution in [2.24, 2.45) is 5.41 Å². The Kier molecular flexibility index (Phi) is 37.2. The van der Waals surface area contributed by atoms with Gasteiger partial charge in [-0.05, 0) is 151 Å². The molecule has 8 aromatic rings. The third-order valence-electron chi connectivity index (χ3n) is 20.7. The van der Waals surface area contributed by atoms with Gasteiger partial charge in [0.1, 0.15) is 65.3 Å². The number of rotatable bonds is 24. The van der Waals surface area contributed by atoms with E-state index in [-0.39, 0.29) is 71.4 Å². The number of hydrogen-bond acceptors (Lipinski definition) is 29. The van der Waals surface area contributed by atoms with Crippen molar-refractivity contribution in [1.29, 1.82) is 10.5 Å². The molecule has 0 bridgehead atoms. The number of cyclic esters (lactones) is 1. The van der Waals surface area contributed by atoms with Crippen LogP contribution in [0.1, 0.15) is 128 Å². The predicted molar refractivity (Wildman–Crippen MR) is 487 cm³/mol. The summed E-state index contributed by atoms with van der Waals surface area (Å²) in [7, 11) is -17.0. The van der Waals surface area contributed by atoms with Crippen LogP contribution in [-0.2, 0) is 93.1 Å². The summed E-state index contributed by atoms with van der Waals surface area (Å²) in [6, 6.07) is 42.0. The number of aliphatic hydroxyl groups is 3. The van der Waals surface area contributed by atoms with Crippen LogP contribution in [0.4, 0.5) is 51.3 Å². The summed E-state index contributed by atoms with van der Waals surface area (Å²) >= 11 is 0. The number of nitrogens with one attached hydrogen (secondary N) is 4. The van der Waals surface area contributed by atoms with Gasteiger partial charge in [-0.3, -0.25) is 14.2 Å². The lowest BCUT2D eigenvalue weighted by Gasteiger charge is -2.36.